The van der Waals surface area contributed by atoms with Gasteiger partial charge >= 0.3 is 0 Å². The van der Waals surface area contributed by atoms with E-state index in [1.54, 1.807) is 10.9 Å². The van der Waals surface area contributed by atoms with Gasteiger partial charge in [0.2, 0.25) is 0 Å². The predicted octanol–water partition coefficient (Wildman–Crippen LogP) is 2.80. The molecule has 0 spiro atoms. The van der Waals surface area contributed by atoms with E-state index in [4.69, 9.17) is 11.6 Å². The molecule has 0 aliphatic heterocycles. The van der Waals surface area contributed by atoms with Gasteiger partial charge in [-0.25, -0.2) is 0 Å². The van der Waals surface area contributed by atoms with E-state index in [2.05, 4.69) is 16.1 Å². The lowest BCUT2D eigenvalue weighted by Gasteiger charge is -2.17. The molecule has 0 fully saturated rings. The lowest BCUT2D eigenvalue weighted by atomic mass is 10.0. The molecule has 0 bridgehead atoms. The SMILES string of the molecule is Cc1cc(C)cc(C(O)c2c(Cl)cnn2CCN(C)C)c1. The number of aryl methyl sites for hydroxylation is 2. The van der Waals surface area contributed by atoms with Crippen molar-refractivity contribution in [2.45, 2.75) is 26.5 Å². The van der Waals surface area contributed by atoms with Crippen molar-refractivity contribution in [2.75, 3.05) is 20.6 Å². The van der Waals surface area contributed by atoms with Gasteiger partial charge in [-0.3, -0.25) is 4.68 Å². The fourth-order valence-electron chi connectivity index (χ4n) is 2.44. The van der Waals surface area contributed by atoms with Gasteiger partial charge in [0.25, 0.3) is 0 Å². The van der Waals surface area contributed by atoms with Crippen molar-refractivity contribution in [3.8, 4) is 0 Å². The van der Waals surface area contributed by atoms with Crippen LogP contribution in [-0.2, 0) is 6.54 Å². The fraction of sp³-hybridized carbons (Fsp3) is 0.438. The number of benzene rings is 1. The van der Waals surface area contributed by atoms with E-state index >= 15 is 0 Å². The van der Waals surface area contributed by atoms with Gasteiger partial charge in [-0.1, -0.05) is 40.9 Å². The predicted molar refractivity (Wildman–Crippen MR) is 85.8 cm³/mol. The van der Waals surface area contributed by atoms with Crippen molar-refractivity contribution in [1.29, 1.82) is 0 Å². The zero-order valence-electron chi connectivity index (χ0n) is 13.0. The minimum atomic E-state index is -0.763. The molecule has 0 saturated carbocycles. The second-order valence-corrected chi connectivity index (χ2v) is 6.13. The fourth-order valence-corrected chi connectivity index (χ4v) is 2.69. The van der Waals surface area contributed by atoms with Gasteiger partial charge in [0.05, 0.1) is 23.5 Å². The maximum Gasteiger partial charge on any atom is 0.122 e. The summed E-state index contributed by atoms with van der Waals surface area (Å²) < 4.78 is 1.78. The lowest BCUT2D eigenvalue weighted by Crippen LogP contribution is -2.21. The van der Waals surface area contributed by atoms with Crippen LogP contribution < -0.4 is 0 Å². The van der Waals surface area contributed by atoms with Gasteiger partial charge in [-0.05, 0) is 33.5 Å². The minimum absolute atomic E-state index is 0.500. The van der Waals surface area contributed by atoms with Crippen LogP contribution in [0.4, 0.5) is 0 Å². The molecule has 0 amide bonds. The zero-order valence-corrected chi connectivity index (χ0v) is 13.7. The molecule has 1 heterocycles. The molecule has 1 aromatic carbocycles. The smallest absolute Gasteiger partial charge is 0.122 e. The van der Waals surface area contributed by atoms with Crippen LogP contribution in [0, 0.1) is 13.8 Å². The van der Waals surface area contributed by atoms with Crippen molar-refractivity contribution < 1.29 is 5.11 Å². The number of aromatic nitrogens is 2. The quantitative estimate of drug-likeness (QED) is 0.923. The highest BCUT2D eigenvalue weighted by molar-refractivity contribution is 6.31. The number of rotatable bonds is 5. The van der Waals surface area contributed by atoms with E-state index in [9.17, 15) is 5.11 Å². The van der Waals surface area contributed by atoms with Gasteiger partial charge in [-0.2, -0.15) is 5.10 Å². The molecule has 2 rings (SSSR count). The molecule has 0 saturated heterocycles. The Morgan fingerprint density at radius 2 is 1.86 bits per heavy atom. The summed E-state index contributed by atoms with van der Waals surface area (Å²) in [4.78, 5) is 2.07. The second-order valence-electron chi connectivity index (χ2n) is 5.73. The molecule has 0 aliphatic rings. The van der Waals surface area contributed by atoms with Crippen molar-refractivity contribution in [3.63, 3.8) is 0 Å². The van der Waals surface area contributed by atoms with Crippen molar-refractivity contribution in [1.82, 2.24) is 14.7 Å². The molecular weight excluding hydrogens is 286 g/mol. The third-order valence-corrected chi connectivity index (χ3v) is 3.70. The van der Waals surface area contributed by atoms with Gasteiger partial charge in [0.1, 0.15) is 6.10 Å². The number of aliphatic hydroxyl groups is 1. The van der Waals surface area contributed by atoms with Crippen LogP contribution in [0.25, 0.3) is 0 Å². The number of nitrogens with zero attached hydrogens (tertiary/aromatic N) is 3. The number of hydrogen-bond donors (Lipinski definition) is 1. The molecule has 1 atom stereocenters. The summed E-state index contributed by atoms with van der Waals surface area (Å²) >= 11 is 6.23. The Labute approximate surface area is 131 Å². The van der Waals surface area contributed by atoms with Crippen LogP contribution in [0.2, 0.25) is 5.02 Å². The molecule has 4 nitrogen and oxygen atoms in total. The molecule has 21 heavy (non-hydrogen) atoms. The van der Waals surface area contributed by atoms with Gasteiger partial charge in [0, 0.05) is 6.54 Å². The Kier molecular flexibility index (Phi) is 5.04. The Bertz CT molecular complexity index is 602. The first-order valence-electron chi connectivity index (χ1n) is 7.00. The zero-order chi connectivity index (χ0) is 15.6. The molecule has 1 unspecified atom stereocenters. The van der Waals surface area contributed by atoms with Crippen molar-refractivity contribution in [2.24, 2.45) is 0 Å². The summed E-state index contributed by atoms with van der Waals surface area (Å²) in [6, 6.07) is 6.05. The summed E-state index contributed by atoms with van der Waals surface area (Å²) in [6.07, 6.45) is 0.832. The Morgan fingerprint density at radius 1 is 1.24 bits per heavy atom. The standard InChI is InChI=1S/C16H22ClN3O/c1-11-7-12(2)9-13(8-11)16(21)15-14(17)10-18-20(15)6-5-19(3)4/h7-10,16,21H,5-6H2,1-4H3. The summed E-state index contributed by atoms with van der Waals surface area (Å²) in [5.41, 5.74) is 3.75. The molecule has 0 radical (unpaired) electrons. The van der Waals surface area contributed by atoms with Crippen LogP contribution in [0.1, 0.15) is 28.5 Å². The minimum Gasteiger partial charge on any atom is -0.382 e. The third kappa shape index (κ3) is 3.84. The largest absolute Gasteiger partial charge is 0.382 e. The molecular formula is C16H22ClN3O. The molecule has 1 aromatic heterocycles. The Balaban J connectivity index is 2.33. The number of hydrogen-bond acceptors (Lipinski definition) is 3. The maximum atomic E-state index is 10.7. The van der Waals surface area contributed by atoms with Crippen molar-refractivity contribution in [3.05, 3.63) is 51.8 Å². The first-order valence-corrected chi connectivity index (χ1v) is 7.38. The summed E-state index contributed by atoms with van der Waals surface area (Å²) in [7, 11) is 4.01. The van der Waals surface area contributed by atoms with E-state index in [1.807, 2.05) is 40.1 Å². The summed E-state index contributed by atoms with van der Waals surface area (Å²) in [6.45, 7) is 5.57. The monoisotopic (exact) mass is 307 g/mol. The van der Waals surface area contributed by atoms with E-state index in [1.165, 1.54) is 0 Å². The van der Waals surface area contributed by atoms with Crippen LogP contribution in [0.3, 0.4) is 0 Å². The number of halogens is 1. The highest BCUT2D eigenvalue weighted by Gasteiger charge is 2.20. The highest BCUT2D eigenvalue weighted by Crippen LogP contribution is 2.29. The lowest BCUT2D eigenvalue weighted by molar-refractivity contribution is 0.205. The van der Waals surface area contributed by atoms with Gasteiger partial charge in [0.15, 0.2) is 0 Å². The average Bonchev–Trinajstić information content (AvgIpc) is 2.75. The molecule has 2 aromatic rings. The maximum absolute atomic E-state index is 10.7. The molecule has 0 aliphatic carbocycles. The first-order chi connectivity index (χ1) is 9.88. The normalized spacial score (nSPS) is 12.9. The van der Waals surface area contributed by atoms with E-state index in [0.29, 0.717) is 17.3 Å². The molecule has 1 N–H and O–H groups in total. The molecule has 114 valence electrons. The van der Waals surface area contributed by atoms with Crippen LogP contribution in [0.15, 0.2) is 24.4 Å². The number of likely N-dealkylation sites (N-methyl/N-ethyl adjacent to an activating group) is 1. The van der Waals surface area contributed by atoms with Crippen LogP contribution in [-0.4, -0.2) is 40.4 Å². The summed E-state index contributed by atoms with van der Waals surface area (Å²) in [5.74, 6) is 0. The third-order valence-electron chi connectivity index (χ3n) is 3.41. The Morgan fingerprint density at radius 3 is 2.43 bits per heavy atom. The average molecular weight is 308 g/mol. The van der Waals surface area contributed by atoms with E-state index < -0.39 is 6.10 Å². The highest BCUT2D eigenvalue weighted by atomic mass is 35.5. The second kappa shape index (κ2) is 6.60. The van der Waals surface area contributed by atoms with Crippen LogP contribution in [0.5, 0.6) is 0 Å². The summed E-state index contributed by atoms with van der Waals surface area (Å²) in [5, 5.41) is 15.5. The van der Waals surface area contributed by atoms with Crippen molar-refractivity contribution >= 4 is 11.6 Å². The first kappa shape index (κ1) is 16.0. The molecule has 5 heteroatoms. The van der Waals surface area contributed by atoms with Gasteiger partial charge < -0.3 is 10.0 Å². The number of aliphatic hydroxyl groups excluding tert-OH is 1. The van der Waals surface area contributed by atoms with E-state index in [-0.39, 0.29) is 0 Å². The topological polar surface area (TPSA) is 41.3 Å². The van der Waals surface area contributed by atoms with E-state index in [0.717, 1.165) is 23.2 Å². The van der Waals surface area contributed by atoms with Gasteiger partial charge in [-0.15, -0.1) is 0 Å². The Hall–Kier alpha value is -1.36. The van der Waals surface area contributed by atoms with Crippen LogP contribution >= 0.6 is 11.6 Å².